The second kappa shape index (κ2) is 5.05. The van der Waals surface area contributed by atoms with Crippen LogP contribution in [0, 0.1) is 0 Å². The average Bonchev–Trinajstić information content (AvgIpc) is 2.06. The number of hydrogen-bond acceptors (Lipinski definition) is 2. The van der Waals surface area contributed by atoms with Gasteiger partial charge in [-0.2, -0.15) is 0 Å². The van der Waals surface area contributed by atoms with Crippen molar-refractivity contribution in [2.24, 2.45) is 0 Å². The predicted molar refractivity (Wildman–Crippen MR) is 46.4 cm³/mol. The summed E-state index contributed by atoms with van der Waals surface area (Å²) in [6.07, 6.45) is -0.0316. The first-order valence-corrected chi connectivity index (χ1v) is 3.50. The molecule has 1 rings (SSSR count). The summed E-state index contributed by atoms with van der Waals surface area (Å²) in [5, 5.41) is 8.29. The fraction of sp³-hybridized carbons (Fsp3) is 0.111. The molecule has 1 aromatic carbocycles. The molecule has 1 aromatic rings. The largest absolute Gasteiger partial charge is 0.475 e. The van der Waals surface area contributed by atoms with Crippen LogP contribution in [0.5, 0.6) is 0 Å². The highest BCUT2D eigenvalue weighted by Gasteiger charge is 2.10. The number of carbonyl (C=O) groups excluding carboxylic acids is 1. The Morgan fingerprint density at radius 2 is 1.69 bits per heavy atom. The Kier molecular flexibility index (Phi) is 4.40. The Morgan fingerprint density at radius 1 is 1.15 bits per heavy atom. The van der Waals surface area contributed by atoms with E-state index in [0.717, 1.165) is 5.56 Å². The van der Waals surface area contributed by atoms with E-state index in [4.69, 9.17) is 5.11 Å². The van der Waals surface area contributed by atoms with Gasteiger partial charge in [0.15, 0.2) is 0 Å². The van der Waals surface area contributed by atoms with Gasteiger partial charge in [0.1, 0.15) is 0 Å². The van der Waals surface area contributed by atoms with Crippen LogP contribution < -0.4 is 0 Å². The molecule has 0 aliphatic rings. The molecule has 0 fully saturated rings. The summed E-state index contributed by atoms with van der Waals surface area (Å²) in [5.74, 6) is -2.15. The van der Waals surface area contributed by atoms with Gasteiger partial charge in [-0.05, 0) is 5.56 Å². The number of carbonyl (C=O) groups is 2. The van der Waals surface area contributed by atoms with Gasteiger partial charge in [0.25, 0.3) is 0 Å². The monoisotopic (exact) mass is 182 g/mol. The minimum Gasteiger partial charge on any atom is -0.475 e. The fourth-order valence-electron chi connectivity index (χ4n) is 0.857. The highest BCUT2D eigenvalue weighted by atomic mass is 16.4. The highest BCUT2D eigenvalue weighted by Crippen LogP contribution is 1.99. The zero-order valence-corrected chi connectivity index (χ0v) is 6.86. The Bertz CT molecular complexity index is 292. The summed E-state index contributed by atoms with van der Waals surface area (Å²) in [7, 11) is 0. The minimum absolute atomic E-state index is 0. The second-order valence-corrected chi connectivity index (χ2v) is 2.39. The van der Waals surface area contributed by atoms with E-state index in [0.29, 0.717) is 0 Å². The number of Topliss-reactive ketones (excluding diaryl/α,β-unsaturated/α-hetero) is 1. The van der Waals surface area contributed by atoms with Gasteiger partial charge in [0.2, 0.25) is 5.78 Å². The summed E-state index contributed by atoms with van der Waals surface area (Å²) < 4.78 is 0. The lowest BCUT2D eigenvalue weighted by Gasteiger charge is -1.94. The molecule has 70 valence electrons. The van der Waals surface area contributed by atoms with Crippen LogP contribution in [-0.4, -0.2) is 22.3 Å². The van der Waals surface area contributed by atoms with Crippen molar-refractivity contribution < 1.29 is 20.2 Å². The normalized spacial score (nSPS) is 8.62. The van der Waals surface area contributed by atoms with E-state index in [1.165, 1.54) is 0 Å². The maximum atomic E-state index is 10.7. The average molecular weight is 182 g/mol. The van der Waals surface area contributed by atoms with Crippen LogP contribution in [0.3, 0.4) is 0 Å². The topological polar surface area (TPSA) is 85.9 Å². The summed E-state index contributed by atoms with van der Waals surface area (Å²) in [5.41, 5.74) is 0.727. The highest BCUT2D eigenvalue weighted by molar-refractivity contribution is 6.33. The van der Waals surface area contributed by atoms with Gasteiger partial charge in [-0.25, -0.2) is 4.79 Å². The first-order valence-electron chi connectivity index (χ1n) is 3.50. The first-order chi connectivity index (χ1) is 5.70. The number of aliphatic carboxylic acids is 1. The minimum atomic E-state index is -1.38. The Hall–Kier alpha value is -1.68. The number of hydrogen-bond donors (Lipinski definition) is 1. The van der Waals surface area contributed by atoms with Gasteiger partial charge in [-0.1, -0.05) is 30.3 Å². The quantitative estimate of drug-likeness (QED) is 0.670. The van der Waals surface area contributed by atoms with Crippen LogP contribution in [0.1, 0.15) is 5.56 Å². The van der Waals surface area contributed by atoms with Crippen molar-refractivity contribution in [3.8, 4) is 0 Å². The molecule has 0 unspecified atom stereocenters. The molecule has 0 aliphatic carbocycles. The number of carboxylic acid groups (broad SMARTS) is 1. The van der Waals surface area contributed by atoms with E-state index in [9.17, 15) is 9.59 Å². The van der Waals surface area contributed by atoms with E-state index in [2.05, 4.69) is 0 Å². The SMILES string of the molecule is O.O=C(O)C(=O)Cc1ccccc1. The smallest absolute Gasteiger partial charge is 0.372 e. The molecule has 0 aliphatic heterocycles. The molecule has 0 saturated carbocycles. The van der Waals surface area contributed by atoms with Crippen molar-refractivity contribution in [3.05, 3.63) is 35.9 Å². The van der Waals surface area contributed by atoms with Gasteiger partial charge in [-0.15, -0.1) is 0 Å². The third-order valence-corrected chi connectivity index (χ3v) is 1.45. The third-order valence-electron chi connectivity index (χ3n) is 1.45. The van der Waals surface area contributed by atoms with E-state index >= 15 is 0 Å². The molecule has 0 spiro atoms. The van der Waals surface area contributed by atoms with Crippen LogP contribution in [0.4, 0.5) is 0 Å². The zero-order valence-electron chi connectivity index (χ0n) is 6.86. The molecule has 0 atom stereocenters. The zero-order chi connectivity index (χ0) is 8.97. The number of rotatable bonds is 3. The van der Waals surface area contributed by atoms with Crippen molar-refractivity contribution >= 4 is 11.8 Å². The predicted octanol–water partition coefficient (Wildman–Crippen LogP) is 0.0581. The molecule has 0 bridgehead atoms. The van der Waals surface area contributed by atoms with E-state index in [1.807, 2.05) is 6.07 Å². The van der Waals surface area contributed by atoms with Gasteiger partial charge in [0, 0.05) is 6.42 Å². The van der Waals surface area contributed by atoms with Crippen molar-refractivity contribution in [1.82, 2.24) is 0 Å². The molecule has 0 amide bonds. The van der Waals surface area contributed by atoms with Gasteiger partial charge in [0.05, 0.1) is 0 Å². The van der Waals surface area contributed by atoms with Crippen LogP contribution >= 0.6 is 0 Å². The van der Waals surface area contributed by atoms with E-state index in [1.54, 1.807) is 24.3 Å². The summed E-state index contributed by atoms with van der Waals surface area (Å²) >= 11 is 0. The van der Waals surface area contributed by atoms with Gasteiger partial charge < -0.3 is 10.6 Å². The Labute approximate surface area is 75.1 Å². The maximum absolute atomic E-state index is 10.7. The first kappa shape index (κ1) is 11.3. The Balaban J connectivity index is 0.00000144. The molecule has 4 heteroatoms. The van der Waals surface area contributed by atoms with E-state index in [-0.39, 0.29) is 11.9 Å². The van der Waals surface area contributed by atoms with Gasteiger partial charge in [-0.3, -0.25) is 4.79 Å². The van der Waals surface area contributed by atoms with Crippen LogP contribution in [-0.2, 0) is 16.0 Å². The third kappa shape index (κ3) is 3.48. The second-order valence-electron chi connectivity index (χ2n) is 2.39. The fourth-order valence-corrected chi connectivity index (χ4v) is 0.857. The number of carboxylic acids is 1. The molecular weight excluding hydrogens is 172 g/mol. The molecule has 0 radical (unpaired) electrons. The molecule has 0 heterocycles. The molecule has 3 N–H and O–H groups in total. The van der Waals surface area contributed by atoms with Crippen molar-refractivity contribution in [2.75, 3.05) is 0 Å². The summed E-state index contributed by atoms with van der Waals surface area (Å²) in [6, 6.07) is 8.80. The number of benzene rings is 1. The lowest BCUT2D eigenvalue weighted by Crippen LogP contribution is -2.14. The standard InChI is InChI=1S/C9H8O3.H2O/c10-8(9(11)12)6-7-4-2-1-3-5-7;/h1-5H,6H2,(H,11,12);1H2. The van der Waals surface area contributed by atoms with Crippen LogP contribution in [0.15, 0.2) is 30.3 Å². The van der Waals surface area contributed by atoms with Gasteiger partial charge >= 0.3 is 5.97 Å². The molecule has 0 aromatic heterocycles. The molecule has 4 nitrogen and oxygen atoms in total. The van der Waals surface area contributed by atoms with Crippen molar-refractivity contribution in [3.63, 3.8) is 0 Å². The van der Waals surface area contributed by atoms with Crippen LogP contribution in [0.25, 0.3) is 0 Å². The van der Waals surface area contributed by atoms with Crippen molar-refractivity contribution in [1.29, 1.82) is 0 Å². The van der Waals surface area contributed by atoms with E-state index < -0.39 is 11.8 Å². The molecule has 13 heavy (non-hydrogen) atoms. The molecule has 0 saturated heterocycles. The van der Waals surface area contributed by atoms with Crippen molar-refractivity contribution in [2.45, 2.75) is 6.42 Å². The summed E-state index contributed by atoms with van der Waals surface area (Å²) in [4.78, 5) is 20.9. The lowest BCUT2D eigenvalue weighted by atomic mass is 10.1. The number of ketones is 1. The molecular formula is C9H10O4. The lowest BCUT2D eigenvalue weighted by molar-refractivity contribution is -0.148. The Morgan fingerprint density at radius 3 is 2.15 bits per heavy atom. The van der Waals surface area contributed by atoms with Crippen LogP contribution in [0.2, 0.25) is 0 Å². The maximum Gasteiger partial charge on any atom is 0.372 e. The summed E-state index contributed by atoms with van der Waals surface area (Å²) in [6.45, 7) is 0.